The van der Waals surface area contributed by atoms with Crippen molar-refractivity contribution < 1.29 is 9.90 Å². The number of hydrogen-bond donors (Lipinski definition) is 3. The van der Waals surface area contributed by atoms with Crippen LogP contribution in [0, 0.1) is 0 Å². The number of amides is 1. The summed E-state index contributed by atoms with van der Waals surface area (Å²) in [7, 11) is 0. The number of aliphatic hydroxyl groups is 1. The molecule has 1 saturated carbocycles. The van der Waals surface area contributed by atoms with Crippen LogP contribution in [0.5, 0.6) is 0 Å². The highest BCUT2D eigenvalue weighted by Gasteiger charge is 2.31. The summed E-state index contributed by atoms with van der Waals surface area (Å²) >= 11 is 0. The zero-order valence-electron chi connectivity index (χ0n) is 11.2. The Bertz CT molecular complexity index is 422. The Kier molecular flexibility index (Phi) is 4.56. The van der Waals surface area contributed by atoms with Crippen LogP contribution >= 0.6 is 0 Å². The van der Waals surface area contributed by atoms with Crippen LogP contribution in [0.15, 0.2) is 24.3 Å². The number of nitrogens with two attached hydrogens (primary N) is 1. The molecule has 0 bridgehead atoms. The van der Waals surface area contributed by atoms with E-state index in [4.69, 9.17) is 10.8 Å². The van der Waals surface area contributed by atoms with Gasteiger partial charge in [-0.1, -0.05) is 25.0 Å². The normalized spacial score (nSPS) is 17.4. The van der Waals surface area contributed by atoms with Crippen LogP contribution < -0.4 is 11.1 Å². The van der Waals surface area contributed by atoms with Gasteiger partial charge < -0.3 is 16.2 Å². The molecule has 1 fully saturated rings. The van der Waals surface area contributed by atoms with Crippen LogP contribution in [0.2, 0.25) is 0 Å². The smallest absolute Gasteiger partial charge is 0.226 e. The van der Waals surface area contributed by atoms with Gasteiger partial charge in [-0.05, 0) is 37.0 Å². The molecule has 2 rings (SSSR count). The molecule has 0 saturated heterocycles. The monoisotopic (exact) mass is 262 g/mol. The fraction of sp³-hybridized carbons (Fsp3) is 0.533. The zero-order valence-corrected chi connectivity index (χ0v) is 11.2. The third-order valence-corrected chi connectivity index (χ3v) is 3.75. The summed E-state index contributed by atoms with van der Waals surface area (Å²) in [6, 6.07) is 7.56. The molecule has 104 valence electrons. The van der Waals surface area contributed by atoms with Gasteiger partial charge in [0.05, 0.1) is 0 Å². The molecule has 4 N–H and O–H groups in total. The maximum atomic E-state index is 12.0. The third-order valence-electron chi connectivity index (χ3n) is 3.75. The van der Waals surface area contributed by atoms with Crippen molar-refractivity contribution in [3.05, 3.63) is 29.8 Å². The van der Waals surface area contributed by atoms with Gasteiger partial charge in [0.2, 0.25) is 5.91 Å². The molecule has 0 radical (unpaired) electrons. The van der Waals surface area contributed by atoms with E-state index >= 15 is 0 Å². The Labute approximate surface area is 114 Å². The Morgan fingerprint density at radius 3 is 2.47 bits per heavy atom. The Hall–Kier alpha value is -1.39. The lowest BCUT2D eigenvalue weighted by atomic mass is 9.94. The van der Waals surface area contributed by atoms with Gasteiger partial charge in [0.15, 0.2) is 0 Å². The highest BCUT2D eigenvalue weighted by atomic mass is 16.2. The predicted octanol–water partition coefficient (Wildman–Crippen LogP) is 1.82. The summed E-state index contributed by atoms with van der Waals surface area (Å²) in [5, 5.41) is 11.7. The summed E-state index contributed by atoms with van der Waals surface area (Å²) in [4.78, 5) is 12.0. The quantitative estimate of drug-likeness (QED) is 0.757. The zero-order chi connectivity index (χ0) is 13.7. The second-order valence-corrected chi connectivity index (χ2v) is 5.46. The summed E-state index contributed by atoms with van der Waals surface area (Å²) in [5.74, 6) is -0.0145. The molecule has 19 heavy (non-hydrogen) atoms. The highest BCUT2D eigenvalue weighted by molar-refractivity contribution is 5.91. The van der Waals surface area contributed by atoms with Crippen LogP contribution in [0.25, 0.3) is 0 Å². The number of hydrogen-bond acceptors (Lipinski definition) is 3. The van der Waals surface area contributed by atoms with Crippen LogP contribution in [-0.2, 0) is 11.2 Å². The van der Waals surface area contributed by atoms with E-state index in [0.717, 1.165) is 36.9 Å². The molecule has 0 aliphatic heterocycles. The number of carbonyl (C=O) groups excluding carboxylic acids is 1. The van der Waals surface area contributed by atoms with E-state index < -0.39 is 0 Å². The lowest BCUT2D eigenvalue weighted by Crippen LogP contribution is -2.40. The lowest BCUT2D eigenvalue weighted by Gasteiger charge is -2.22. The molecule has 0 heterocycles. The van der Waals surface area contributed by atoms with E-state index in [1.54, 1.807) is 0 Å². The van der Waals surface area contributed by atoms with Crippen LogP contribution in [0.1, 0.15) is 37.7 Å². The van der Waals surface area contributed by atoms with Crippen molar-refractivity contribution >= 4 is 11.6 Å². The topological polar surface area (TPSA) is 75.4 Å². The second kappa shape index (κ2) is 6.17. The molecule has 0 unspecified atom stereocenters. The number of carbonyl (C=O) groups is 1. The predicted molar refractivity (Wildman–Crippen MR) is 75.9 cm³/mol. The van der Waals surface area contributed by atoms with Gasteiger partial charge in [-0.3, -0.25) is 4.79 Å². The maximum absolute atomic E-state index is 12.0. The SMILES string of the molecule is NC1(CC(=O)Nc2ccc(CCO)cc2)CCCC1. The average molecular weight is 262 g/mol. The summed E-state index contributed by atoms with van der Waals surface area (Å²) in [5.41, 5.74) is 7.73. The van der Waals surface area contributed by atoms with E-state index in [0.29, 0.717) is 12.8 Å². The molecule has 4 nitrogen and oxygen atoms in total. The van der Waals surface area contributed by atoms with Gasteiger partial charge in [0.1, 0.15) is 0 Å². The lowest BCUT2D eigenvalue weighted by molar-refractivity contribution is -0.117. The molecule has 1 aromatic carbocycles. The largest absolute Gasteiger partial charge is 0.396 e. The molecule has 1 amide bonds. The van der Waals surface area contributed by atoms with Crippen molar-refractivity contribution in [3.63, 3.8) is 0 Å². The number of anilines is 1. The van der Waals surface area contributed by atoms with Crippen molar-refractivity contribution in [2.45, 2.75) is 44.1 Å². The van der Waals surface area contributed by atoms with Crippen molar-refractivity contribution in [3.8, 4) is 0 Å². The highest BCUT2D eigenvalue weighted by Crippen LogP contribution is 2.30. The van der Waals surface area contributed by atoms with E-state index in [2.05, 4.69) is 5.32 Å². The minimum Gasteiger partial charge on any atom is -0.396 e. The van der Waals surface area contributed by atoms with Gasteiger partial charge in [-0.25, -0.2) is 0 Å². The Balaban J connectivity index is 1.87. The molecule has 0 atom stereocenters. The summed E-state index contributed by atoms with van der Waals surface area (Å²) in [6.45, 7) is 0.140. The standard InChI is InChI=1S/C15H22N2O2/c16-15(8-1-2-9-15)11-14(19)17-13-5-3-12(4-6-13)7-10-18/h3-6,18H,1-2,7-11,16H2,(H,17,19). The number of rotatable bonds is 5. The summed E-state index contributed by atoms with van der Waals surface area (Å²) < 4.78 is 0. The molecular formula is C15H22N2O2. The number of nitrogens with one attached hydrogen (secondary N) is 1. The minimum absolute atomic E-state index is 0.0145. The van der Waals surface area contributed by atoms with Crippen molar-refractivity contribution in [2.75, 3.05) is 11.9 Å². The summed E-state index contributed by atoms with van der Waals surface area (Å²) in [6.07, 6.45) is 5.16. The van der Waals surface area contributed by atoms with Crippen molar-refractivity contribution in [2.24, 2.45) is 5.73 Å². The molecular weight excluding hydrogens is 240 g/mol. The van der Waals surface area contributed by atoms with Gasteiger partial charge in [-0.15, -0.1) is 0 Å². The Morgan fingerprint density at radius 1 is 1.26 bits per heavy atom. The van der Waals surface area contributed by atoms with Crippen molar-refractivity contribution in [1.29, 1.82) is 0 Å². The molecule has 1 aliphatic rings. The van der Waals surface area contributed by atoms with Gasteiger partial charge >= 0.3 is 0 Å². The van der Waals surface area contributed by atoms with Crippen LogP contribution in [-0.4, -0.2) is 23.2 Å². The first-order chi connectivity index (χ1) is 9.11. The first kappa shape index (κ1) is 14.0. The number of benzene rings is 1. The van der Waals surface area contributed by atoms with Gasteiger partial charge in [-0.2, -0.15) is 0 Å². The van der Waals surface area contributed by atoms with E-state index in [9.17, 15) is 4.79 Å². The van der Waals surface area contributed by atoms with Gasteiger partial charge in [0, 0.05) is 24.3 Å². The number of aliphatic hydroxyl groups excluding tert-OH is 1. The first-order valence-corrected chi connectivity index (χ1v) is 6.90. The Morgan fingerprint density at radius 2 is 1.89 bits per heavy atom. The van der Waals surface area contributed by atoms with Crippen molar-refractivity contribution in [1.82, 2.24) is 0 Å². The molecule has 1 aliphatic carbocycles. The first-order valence-electron chi connectivity index (χ1n) is 6.90. The van der Waals surface area contributed by atoms with E-state index in [1.807, 2.05) is 24.3 Å². The maximum Gasteiger partial charge on any atom is 0.226 e. The molecule has 0 aromatic heterocycles. The fourth-order valence-electron chi connectivity index (χ4n) is 2.66. The van der Waals surface area contributed by atoms with E-state index in [-0.39, 0.29) is 18.1 Å². The molecule has 4 heteroatoms. The van der Waals surface area contributed by atoms with E-state index in [1.165, 1.54) is 0 Å². The fourth-order valence-corrected chi connectivity index (χ4v) is 2.66. The van der Waals surface area contributed by atoms with Crippen LogP contribution in [0.3, 0.4) is 0 Å². The molecule has 1 aromatic rings. The van der Waals surface area contributed by atoms with Gasteiger partial charge in [0.25, 0.3) is 0 Å². The minimum atomic E-state index is -0.305. The average Bonchev–Trinajstić information content (AvgIpc) is 2.78. The third kappa shape index (κ3) is 4.04. The molecule has 0 spiro atoms. The van der Waals surface area contributed by atoms with Crippen LogP contribution in [0.4, 0.5) is 5.69 Å². The second-order valence-electron chi connectivity index (χ2n) is 5.46.